The third-order valence-corrected chi connectivity index (χ3v) is 6.59. The fraction of sp³-hybridized carbons (Fsp3) is 0.462. The van der Waals surface area contributed by atoms with Crippen molar-refractivity contribution in [3.63, 3.8) is 0 Å². The first-order valence-corrected chi connectivity index (χ1v) is 11.6. The summed E-state index contributed by atoms with van der Waals surface area (Å²) in [5.41, 5.74) is 5.36. The van der Waals surface area contributed by atoms with Gasteiger partial charge in [0.05, 0.1) is 6.04 Å². The molecule has 6 nitrogen and oxygen atoms in total. The van der Waals surface area contributed by atoms with Gasteiger partial charge in [0.15, 0.2) is 0 Å². The van der Waals surface area contributed by atoms with Crippen molar-refractivity contribution >= 4 is 23.4 Å². The molecule has 2 aromatic carbocycles. The summed E-state index contributed by atoms with van der Waals surface area (Å²) in [4.78, 5) is 31.3. The SMILES string of the molecule is CCc1cc(C)ccc1N1CCN(C(=O)c2ccc(N3C(=O)OC[C@H]3C(C)C)cc2)CC1. The number of ether oxygens (including phenoxy) is 1. The van der Waals surface area contributed by atoms with E-state index in [1.807, 2.05) is 29.2 Å². The molecule has 0 bridgehead atoms. The summed E-state index contributed by atoms with van der Waals surface area (Å²) in [6.07, 6.45) is 0.687. The van der Waals surface area contributed by atoms with E-state index in [1.54, 1.807) is 4.90 Å². The Hall–Kier alpha value is -3.02. The zero-order valence-electron chi connectivity index (χ0n) is 19.5. The third-order valence-electron chi connectivity index (χ3n) is 6.59. The smallest absolute Gasteiger partial charge is 0.414 e. The lowest BCUT2D eigenvalue weighted by Crippen LogP contribution is -2.49. The summed E-state index contributed by atoms with van der Waals surface area (Å²) in [6.45, 7) is 11.9. The maximum atomic E-state index is 13.1. The van der Waals surface area contributed by atoms with Crippen molar-refractivity contribution in [1.29, 1.82) is 0 Å². The van der Waals surface area contributed by atoms with Crippen molar-refractivity contribution in [2.75, 3.05) is 42.6 Å². The number of benzene rings is 2. The molecule has 170 valence electrons. The number of anilines is 2. The normalized spacial score (nSPS) is 19.0. The summed E-state index contributed by atoms with van der Waals surface area (Å²) in [5, 5.41) is 0. The quantitative estimate of drug-likeness (QED) is 0.694. The standard InChI is InChI=1S/C26H33N3O3/c1-5-20-16-19(4)6-11-23(20)27-12-14-28(15-13-27)25(30)21-7-9-22(10-8-21)29-24(18(2)3)17-32-26(29)31/h6-11,16,18,24H,5,12-15,17H2,1-4H3/t24-/m0/s1. The van der Waals surface area contributed by atoms with E-state index in [0.29, 0.717) is 31.2 Å². The van der Waals surface area contributed by atoms with E-state index in [4.69, 9.17) is 4.74 Å². The molecule has 0 aromatic heterocycles. The fourth-order valence-electron chi connectivity index (χ4n) is 4.63. The molecule has 2 heterocycles. The van der Waals surface area contributed by atoms with Gasteiger partial charge in [-0.15, -0.1) is 0 Å². The summed E-state index contributed by atoms with van der Waals surface area (Å²) < 4.78 is 5.24. The number of hydrogen-bond acceptors (Lipinski definition) is 4. The average Bonchev–Trinajstić information content (AvgIpc) is 3.20. The Bertz CT molecular complexity index is 978. The lowest BCUT2D eigenvalue weighted by Gasteiger charge is -2.37. The molecule has 0 unspecified atom stereocenters. The van der Waals surface area contributed by atoms with Crippen LogP contribution in [0, 0.1) is 12.8 Å². The Balaban J connectivity index is 1.41. The van der Waals surface area contributed by atoms with Crippen molar-refractivity contribution in [1.82, 2.24) is 4.90 Å². The van der Waals surface area contributed by atoms with Gasteiger partial charge in [0, 0.05) is 43.1 Å². The number of aryl methyl sites for hydroxylation is 2. The number of rotatable bonds is 5. The van der Waals surface area contributed by atoms with Gasteiger partial charge in [-0.05, 0) is 55.2 Å². The first-order valence-electron chi connectivity index (χ1n) is 11.6. The molecule has 0 spiro atoms. The Morgan fingerprint density at radius 3 is 2.38 bits per heavy atom. The topological polar surface area (TPSA) is 53.1 Å². The number of amides is 2. The van der Waals surface area contributed by atoms with Crippen molar-refractivity contribution in [3.05, 3.63) is 59.2 Å². The molecular weight excluding hydrogens is 402 g/mol. The second-order valence-corrected chi connectivity index (χ2v) is 9.07. The highest BCUT2D eigenvalue weighted by atomic mass is 16.6. The van der Waals surface area contributed by atoms with Crippen LogP contribution in [0.3, 0.4) is 0 Å². The Morgan fingerprint density at radius 1 is 1.06 bits per heavy atom. The highest BCUT2D eigenvalue weighted by molar-refractivity contribution is 5.96. The van der Waals surface area contributed by atoms with Crippen LogP contribution in [-0.2, 0) is 11.2 Å². The minimum atomic E-state index is -0.318. The molecule has 1 atom stereocenters. The van der Waals surface area contributed by atoms with Gasteiger partial charge in [0.25, 0.3) is 5.91 Å². The zero-order valence-corrected chi connectivity index (χ0v) is 19.5. The Kier molecular flexibility index (Phi) is 6.40. The lowest BCUT2D eigenvalue weighted by molar-refractivity contribution is 0.0746. The molecule has 2 saturated heterocycles. The molecule has 4 rings (SSSR count). The van der Waals surface area contributed by atoms with E-state index in [-0.39, 0.29) is 18.0 Å². The maximum Gasteiger partial charge on any atom is 0.414 e. The molecule has 2 aromatic rings. The van der Waals surface area contributed by atoms with Crippen LogP contribution >= 0.6 is 0 Å². The number of carbonyl (C=O) groups is 2. The van der Waals surface area contributed by atoms with E-state index in [9.17, 15) is 9.59 Å². The highest BCUT2D eigenvalue weighted by Gasteiger charge is 2.36. The van der Waals surface area contributed by atoms with E-state index in [2.05, 4.69) is 50.8 Å². The summed E-state index contributed by atoms with van der Waals surface area (Å²) in [5.74, 6) is 0.334. The second-order valence-electron chi connectivity index (χ2n) is 9.07. The van der Waals surface area contributed by atoms with Crippen molar-refractivity contribution < 1.29 is 14.3 Å². The average molecular weight is 436 g/mol. The Morgan fingerprint density at radius 2 is 1.75 bits per heavy atom. The van der Waals surface area contributed by atoms with Gasteiger partial charge in [0.2, 0.25) is 0 Å². The number of nitrogens with zero attached hydrogens (tertiary/aromatic N) is 3. The summed E-state index contributed by atoms with van der Waals surface area (Å²) >= 11 is 0. The molecule has 0 radical (unpaired) electrons. The molecular formula is C26H33N3O3. The number of carbonyl (C=O) groups excluding carboxylic acids is 2. The Labute approximate surface area is 190 Å². The fourth-order valence-corrected chi connectivity index (χ4v) is 4.63. The summed E-state index contributed by atoms with van der Waals surface area (Å²) in [6, 6.07) is 14.0. The van der Waals surface area contributed by atoms with E-state index in [1.165, 1.54) is 16.8 Å². The monoisotopic (exact) mass is 435 g/mol. The van der Waals surface area contributed by atoms with Gasteiger partial charge < -0.3 is 14.5 Å². The molecule has 2 amide bonds. The zero-order chi connectivity index (χ0) is 22.8. The molecule has 6 heteroatoms. The van der Waals surface area contributed by atoms with Gasteiger partial charge in [-0.1, -0.05) is 38.5 Å². The van der Waals surface area contributed by atoms with Crippen LogP contribution in [0.5, 0.6) is 0 Å². The van der Waals surface area contributed by atoms with Crippen LogP contribution in [0.4, 0.5) is 16.2 Å². The van der Waals surface area contributed by atoms with Crippen LogP contribution in [0.25, 0.3) is 0 Å². The van der Waals surface area contributed by atoms with Crippen LogP contribution in [-0.4, -0.2) is 55.7 Å². The molecule has 2 aliphatic rings. The van der Waals surface area contributed by atoms with Crippen LogP contribution < -0.4 is 9.80 Å². The van der Waals surface area contributed by atoms with Crippen molar-refractivity contribution in [3.8, 4) is 0 Å². The first kappa shape index (κ1) is 22.2. The number of cyclic esters (lactones) is 1. The predicted octanol–water partition coefficient (Wildman–Crippen LogP) is 4.50. The van der Waals surface area contributed by atoms with Gasteiger partial charge in [-0.25, -0.2) is 4.79 Å². The minimum Gasteiger partial charge on any atom is -0.447 e. The molecule has 32 heavy (non-hydrogen) atoms. The van der Waals surface area contributed by atoms with Crippen LogP contribution in [0.15, 0.2) is 42.5 Å². The van der Waals surface area contributed by atoms with Crippen LogP contribution in [0.1, 0.15) is 42.3 Å². The van der Waals surface area contributed by atoms with Crippen LogP contribution in [0.2, 0.25) is 0 Å². The van der Waals surface area contributed by atoms with E-state index >= 15 is 0 Å². The third kappa shape index (κ3) is 4.31. The van der Waals surface area contributed by atoms with Gasteiger partial charge in [-0.3, -0.25) is 9.69 Å². The number of piperazine rings is 1. The largest absolute Gasteiger partial charge is 0.447 e. The lowest BCUT2D eigenvalue weighted by atomic mass is 10.0. The second kappa shape index (κ2) is 9.23. The molecule has 0 N–H and O–H groups in total. The van der Waals surface area contributed by atoms with E-state index < -0.39 is 0 Å². The maximum absolute atomic E-state index is 13.1. The molecule has 0 aliphatic carbocycles. The molecule has 0 saturated carbocycles. The highest BCUT2D eigenvalue weighted by Crippen LogP contribution is 2.28. The van der Waals surface area contributed by atoms with Gasteiger partial charge >= 0.3 is 6.09 Å². The van der Waals surface area contributed by atoms with Gasteiger partial charge in [-0.2, -0.15) is 0 Å². The minimum absolute atomic E-state index is 0.0203. The molecule has 2 aliphatic heterocycles. The number of hydrogen-bond donors (Lipinski definition) is 0. The van der Waals surface area contributed by atoms with Gasteiger partial charge in [0.1, 0.15) is 6.61 Å². The first-order chi connectivity index (χ1) is 15.4. The predicted molar refractivity (Wildman–Crippen MR) is 128 cm³/mol. The van der Waals surface area contributed by atoms with Crippen molar-refractivity contribution in [2.45, 2.75) is 40.2 Å². The molecule has 2 fully saturated rings. The van der Waals surface area contributed by atoms with E-state index in [0.717, 1.165) is 25.2 Å². The summed E-state index contributed by atoms with van der Waals surface area (Å²) in [7, 11) is 0. The van der Waals surface area contributed by atoms with Crippen molar-refractivity contribution in [2.24, 2.45) is 5.92 Å².